The van der Waals surface area contributed by atoms with Crippen molar-refractivity contribution in [1.29, 1.82) is 0 Å². The predicted octanol–water partition coefficient (Wildman–Crippen LogP) is 7.53. The molecule has 0 saturated heterocycles. The summed E-state index contributed by atoms with van der Waals surface area (Å²) in [6.07, 6.45) is 2.36. The van der Waals surface area contributed by atoms with E-state index in [9.17, 15) is 13.6 Å². The van der Waals surface area contributed by atoms with Crippen LogP contribution in [-0.4, -0.2) is 37.7 Å². The first-order valence-electron chi connectivity index (χ1n) is 12.9. The van der Waals surface area contributed by atoms with E-state index in [2.05, 4.69) is 35.1 Å². The third-order valence-corrected chi connectivity index (χ3v) is 5.93. The van der Waals surface area contributed by atoms with Gasteiger partial charge >= 0.3 is 0 Å². The SMILES string of the molecule is CC.CC.CN=C(c1c(C(F)F)cc(OCC=O)nc1C)C1CC1.COc1ccc2c(c1)CC[C@@H]2C. The van der Waals surface area contributed by atoms with Gasteiger partial charge in [-0.3, -0.25) is 9.79 Å². The average Bonchev–Trinajstić information content (AvgIpc) is 3.68. The van der Waals surface area contributed by atoms with Crippen molar-refractivity contribution in [2.24, 2.45) is 10.9 Å². The van der Waals surface area contributed by atoms with E-state index in [1.165, 1.54) is 30.0 Å². The number of carbonyl (C=O) groups excluding carboxylic acids is 1. The normalized spacial score (nSPS) is 15.9. The molecule has 0 radical (unpaired) electrons. The highest BCUT2D eigenvalue weighted by molar-refractivity contribution is 6.05. The van der Waals surface area contributed by atoms with Crippen LogP contribution in [0.3, 0.4) is 0 Å². The van der Waals surface area contributed by atoms with E-state index in [0.717, 1.165) is 24.5 Å². The summed E-state index contributed by atoms with van der Waals surface area (Å²) in [5.41, 5.74) is 4.41. The van der Waals surface area contributed by atoms with Crippen LogP contribution in [0, 0.1) is 12.8 Å². The number of aromatic nitrogens is 1. The second-order valence-electron chi connectivity index (χ2n) is 8.18. The average molecular weight is 505 g/mol. The van der Waals surface area contributed by atoms with Crippen molar-refractivity contribution in [3.05, 3.63) is 52.2 Å². The molecule has 0 aliphatic heterocycles. The first kappa shape index (κ1) is 31.2. The van der Waals surface area contributed by atoms with Crippen molar-refractivity contribution in [3.8, 4) is 11.6 Å². The number of aryl methyl sites for hydroxylation is 2. The molecule has 7 heteroatoms. The second kappa shape index (κ2) is 16.0. The molecule has 1 saturated carbocycles. The maximum Gasteiger partial charge on any atom is 0.264 e. The zero-order valence-corrected chi connectivity index (χ0v) is 23.0. The number of carbonyl (C=O) groups is 1. The Morgan fingerprint density at radius 1 is 1.17 bits per heavy atom. The summed E-state index contributed by atoms with van der Waals surface area (Å²) in [7, 11) is 3.33. The van der Waals surface area contributed by atoms with Crippen LogP contribution in [0.5, 0.6) is 11.6 Å². The number of alkyl halides is 2. The minimum absolute atomic E-state index is 0.0416. The lowest BCUT2D eigenvalue weighted by Gasteiger charge is -2.15. The second-order valence-corrected chi connectivity index (χ2v) is 8.18. The van der Waals surface area contributed by atoms with Crippen LogP contribution < -0.4 is 9.47 Å². The monoisotopic (exact) mass is 504 g/mol. The predicted molar refractivity (Wildman–Crippen MR) is 143 cm³/mol. The van der Waals surface area contributed by atoms with Gasteiger partial charge in [0.2, 0.25) is 5.88 Å². The highest BCUT2D eigenvalue weighted by Gasteiger charge is 2.32. The number of benzene rings is 1. The lowest BCUT2D eigenvalue weighted by molar-refractivity contribution is -0.109. The number of hydrogen-bond donors (Lipinski definition) is 0. The lowest BCUT2D eigenvalue weighted by Crippen LogP contribution is -2.13. The quantitative estimate of drug-likeness (QED) is 0.289. The van der Waals surface area contributed by atoms with Crippen molar-refractivity contribution in [2.75, 3.05) is 20.8 Å². The number of hydrogen-bond acceptors (Lipinski definition) is 5. The highest BCUT2D eigenvalue weighted by Crippen LogP contribution is 2.38. The minimum Gasteiger partial charge on any atom is -0.497 e. The number of pyridine rings is 1. The van der Waals surface area contributed by atoms with Crippen LogP contribution in [0.2, 0.25) is 0 Å². The zero-order chi connectivity index (χ0) is 27.3. The molecular weight excluding hydrogens is 462 g/mol. The molecule has 200 valence electrons. The molecule has 1 heterocycles. The van der Waals surface area contributed by atoms with Crippen LogP contribution in [0.4, 0.5) is 8.78 Å². The topological polar surface area (TPSA) is 60.8 Å². The highest BCUT2D eigenvalue weighted by atomic mass is 19.3. The van der Waals surface area contributed by atoms with Gasteiger partial charge in [-0.2, -0.15) is 0 Å². The molecule has 0 spiro atoms. The van der Waals surface area contributed by atoms with Gasteiger partial charge in [-0.15, -0.1) is 0 Å². The van der Waals surface area contributed by atoms with Crippen molar-refractivity contribution in [2.45, 2.75) is 79.6 Å². The molecule has 1 fully saturated rings. The molecule has 4 rings (SSSR count). The summed E-state index contributed by atoms with van der Waals surface area (Å²) < 4.78 is 36.8. The van der Waals surface area contributed by atoms with Gasteiger partial charge in [0, 0.05) is 35.9 Å². The number of methoxy groups -OCH3 is 1. The molecular formula is C29H42F2N2O3. The minimum atomic E-state index is -2.64. The number of aliphatic imine (C=N–C) groups is 1. The molecule has 2 aromatic rings. The Bertz CT molecular complexity index is 989. The zero-order valence-electron chi connectivity index (χ0n) is 23.0. The Labute approximate surface area is 215 Å². The van der Waals surface area contributed by atoms with Crippen molar-refractivity contribution >= 4 is 12.0 Å². The van der Waals surface area contributed by atoms with E-state index >= 15 is 0 Å². The molecule has 0 bridgehead atoms. The first-order valence-corrected chi connectivity index (χ1v) is 12.9. The molecule has 5 nitrogen and oxygen atoms in total. The fourth-order valence-corrected chi connectivity index (χ4v) is 4.16. The van der Waals surface area contributed by atoms with Crippen LogP contribution in [0.1, 0.15) is 94.2 Å². The molecule has 2 aliphatic rings. The molecule has 0 amide bonds. The Kier molecular flexibility index (Phi) is 13.9. The summed E-state index contributed by atoms with van der Waals surface area (Å²) in [4.78, 5) is 18.6. The number of halogens is 2. The van der Waals surface area contributed by atoms with Gasteiger partial charge in [0.25, 0.3) is 6.43 Å². The van der Waals surface area contributed by atoms with E-state index < -0.39 is 6.43 Å². The van der Waals surface area contributed by atoms with Gasteiger partial charge < -0.3 is 9.47 Å². The molecule has 2 aliphatic carbocycles. The first-order chi connectivity index (χ1) is 17.4. The lowest BCUT2D eigenvalue weighted by atomic mass is 9.99. The maximum atomic E-state index is 13.3. The Morgan fingerprint density at radius 2 is 1.83 bits per heavy atom. The molecule has 1 aromatic carbocycles. The Hall–Kier alpha value is -2.83. The van der Waals surface area contributed by atoms with E-state index in [4.69, 9.17) is 9.47 Å². The van der Waals surface area contributed by atoms with Gasteiger partial charge in [-0.1, -0.05) is 40.7 Å². The largest absolute Gasteiger partial charge is 0.497 e. The summed E-state index contributed by atoms with van der Waals surface area (Å²) in [5.74, 6) is 2.02. The summed E-state index contributed by atoms with van der Waals surface area (Å²) in [6.45, 7) is 11.7. The van der Waals surface area contributed by atoms with E-state index in [1.807, 2.05) is 27.7 Å². The third kappa shape index (κ3) is 8.38. The van der Waals surface area contributed by atoms with Crippen LogP contribution in [-0.2, 0) is 11.2 Å². The number of aldehydes is 1. The van der Waals surface area contributed by atoms with Crippen molar-refractivity contribution in [1.82, 2.24) is 4.98 Å². The molecule has 1 atom stereocenters. The molecule has 0 N–H and O–H groups in total. The van der Waals surface area contributed by atoms with Crippen molar-refractivity contribution < 1.29 is 23.0 Å². The number of rotatable bonds is 7. The van der Waals surface area contributed by atoms with Gasteiger partial charge in [0.05, 0.1) is 12.8 Å². The summed E-state index contributed by atoms with van der Waals surface area (Å²) >= 11 is 0. The summed E-state index contributed by atoms with van der Waals surface area (Å²) in [5, 5.41) is 0. The van der Waals surface area contributed by atoms with Gasteiger partial charge in [0.15, 0.2) is 6.29 Å². The number of ether oxygens (including phenoxy) is 2. The van der Waals surface area contributed by atoms with E-state index in [-0.39, 0.29) is 24.0 Å². The smallest absolute Gasteiger partial charge is 0.264 e. The fraction of sp³-hybridized carbons (Fsp3) is 0.552. The Morgan fingerprint density at radius 3 is 2.36 bits per heavy atom. The molecule has 1 aromatic heterocycles. The van der Waals surface area contributed by atoms with Crippen molar-refractivity contribution in [3.63, 3.8) is 0 Å². The molecule has 0 unspecified atom stereocenters. The van der Waals surface area contributed by atoms with Crippen LogP contribution in [0.15, 0.2) is 29.3 Å². The van der Waals surface area contributed by atoms with Gasteiger partial charge in [0.1, 0.15) is 12.4 Å². The van der Waals surface area contributed by atoms with Crippen LogP contribution in [0.25, 0.3) is 0 Å². The number of fused-ring (bicyclic) bond motifs is 1. The van der Waals surface area contributed by atoms with Gasteiger partial charge in [-0.25, -0.2) is 13.8 Å². The maximum absolute atomic E-state index is 13.3. The third-order valence-electron chi connectivity index (χ3n) is 5.93. The standard InChI is InChI=1S/C14H16F2N2O2.C11H14O.2C2H6/c1-8-12(13(17-2)9-3-4-9)10(14(15)16)7-11(18-8)20-6-5-19;1-8-3-4-9-7-10(12-2)5-6-11(8)9;2*1-2/h5,7,9,14H,3-4,6H2,1-2H3;5-8H,3-4H2,1-2H3;2*1-2H3/t;8-;;/m.0../s1. The fourth-order valence-electron chi connectivity index (χ4n) is 4.16. The van der Waals surface area contributed by atoms with E-state index in [1.54, 1.807) is 21.1 Å². The van der Waals surface area contributed by atoms with Crippen LogP contribution >= 0.6 is 0 Å². The Balaban J connectivity index is 0.000000344. The summed E-state index contributed by atoms with van der Waals surface area (Å²) in [6, 6.07) is 7.62. The van der Waals surface area contributed by atoms with E-state index in [0.29, 0.717) is 23.3 Å². The molecule has 36 heavy (non-hydrogen) atoms. The number of nitrogens with zero attached hydrogens (tertiary/aromatic N) is 2. The van der Waals surface area contributed by atoms with Gasteiger partial charge in [-0.05, 0) is 61.8 Å².